The van der Waals surface area contributed by atoms with Crippen LogP contribution in [-0.2, 0) is 4.79 Å². The minimum atomic E-state index is -0.542. The molecule has 0 atom stereocenters. The number of aromatic nitrogens is 3. The summed E-state index contributed by atoms with van der Waals surface area (Å²) in [6.07, 6.45) is 1.68. The molecule has 3 amide bonds. The van der Waals surface area contributed by atoms with Gasteiger partial charge in [0.15, 0.2) is 11.0 Å². The number of hydrogen-bond acceptors (Lipinski definition) is 5. The number of rotatable bonds is 4. The summed E-state index contributed by atoms with van der Waals surface area (Å²) in [6, 6.07) is 18.8. The van der Waals surface area contributed by atoms with Crippen LogP contribution in [-0.4, -0.2) is 37.6 Å². The van der Waals surface area contributed by atoms with Crippen molar-refractivity contribution < 1.29 is 9.59 Å². The van der Waals surface area contributed by atoms with E-state index in [1.807, 2.05) is 76.2 Å². The Bertz CT molecular complexity index is 1500. The molecule has 5 rings (SSSR count). The van der Waals surface area contributed by atoms with Crippen molar-refractivity contribution in [1.29, 1.82) is 0 Å². The molecule has 0 bridgehead atoms. The fraction of sp³-hybridized carbons (Fsp3) is 0.179. The number of benzene rings is 3. The number of hydrogen-bond donors (Lipinski definition) is 1. The molecular formula is C28H26N6O2S. The standard InChI is InChI=1S/C28H26N6O2S/c1-17-5-11-23(12-6-17)33-16-29-26(32-33)21-7-9-22(10-8-21)30-27(36)31-28-34(24(35)15-37-28)25-19(3)13-18(2)14-20(25)4/h5-14,16H,15H2,1-4H3,(H,30,36). The van der Waals surface area contributed by atoms with Crippen LogP contribution < -0.4 is 10.2 Å². The predicted octanol–water partition coefficient (Wildman–Crippen LogP) is 5.84. The lowest BCUT2D eigenvalue weighted by Crippen LogP contribution is -2.31. The second-order valence-corrected chi connectivity index (χ2v) is 9.96. The van der Waals surface area contributed by atoms with Gasteiger partial charge in [0.05, 0.1) is 17.1 Å². The van der Waals surface area contributed by atoms with Crippen LogP contribution >= 0.6 is 11.8 Å². The van der Waals surface area contributed by atoms with Gasteiger partial charge in [-0.05, 0) is 75.2 Å². The number of nitrogens with one attached hydrogen (secondary N) is 1. The largest absolute Gasteiger partial charge is 0.347 e. The average Bonchev–Trinajstić information content (AvgIpc) is 3.48. The lowest BCUT2D eigenvalue weighted by molar-refractivity contribution is -0.115. The zero-order valence-electron chi connectivity index (χ0n) is 21.0. The minimum absolute atomic E-state index is 0.0893. The lowest BCUT2D eigenvalue weighted by Gasteiger charge is -2.21. The van der Waals surface area contributed by atoms with Crippen LogP contribution in [0.3, 0.4) is 0 Å². The monoisotopic (exact) mass is 510 g/mol. The van der Waals surface area contributed by atoms with E-state index in [2.05, 4.69) is 20.4 Å². The topological polar surface area (TPSA) is 92.5 Å². The molecular weight excluding hydrogens is 484 g/mol. The Morgan fingerprint density at radius 3 is 2.30 bits per heavy atom. The van der Waals surface area contributed by atoms with Crippen LogP contribution in [0.5, 0.6) is 0 Å². The molecule has 3 aromatic carbocycles. The zero-order valence-corrected chi connectivity index (χ0v) is 21.8. The van der Waals surface area contributed by atoms with Crippen molar-refractivity contribution in [2.75, 3.05) is 16.0 Å². The predicted molar refractivity (Wildman–Crippen MR) is 149 cm³/mol. The normalized spacial score (nSPS) is 14.4. The first-order valence-electron chi connectivity index (χ1n) is 11.8. The first kappa shape index (κ1) is 24.5. The van der Waals surface area contributed by atoms with Gasteiger partial charge in [-0.1, -0.05) is 47.2 Å². The fourth-order valence-electron chi connectivity index (χ4n) is 4.35. The third-order valence-electron chi connectivity index (χ3n) is 6.01. The summed E-state index contributed by atoms with van der Waals surface area (Å²) in [6.45, 7) is 7.98. The average molecular weight is 511 g/mol. The third-order valence-corrected chi connectivity index (χ3v) is 6.93. The Morgan fingerprint density at radius 2 is 1.62 bits per heavy atom. The molecule has 1 N–H and O–H groups in total. The van der Waals surface area contributed by atoms with E-state index < -0.39 is 6.03 Å². The number of aliphatic imine (C=N–C) groups is 1. The van der Waals surface area contributed by atoms with Gasteiger partial charge in [0.2, 0.25) is 5.91 Å². The smallest absolute Gasteiger partial charge is 0.306 e. The van der Waals surface area contributed by atoms with Crippen LogP contribution in [0.2, 0.25) is 0 Å². The van der Waals surface area contributed by atoms with Gasteiger partial charge in [-0.3, -0.25) is 9.69 Å². The first-order valence-corrected chi connectivity index (χ1v) is 12.8. The minimum Gasteiger partial charge on any atom is -0.306 e. The number of urea groups is 1. The Hall–Kier alpha value is -4.24. The van der Waals surface area contributed by atoms with Gasteiger partial charge in [0.25, 0.3) is 0 Å². The van der Waals surface area contributed by atoms with E-state index in [-0.39, 0.29) is 11.7 Å². The van der Waals surface area contributed by atoms with E-state index in [1.54, 1.807) is 28.0 Å². The van der Waals surface area contributed by atoms with Crippen molar-refractivity contribution in [1.82, 2.24) is 14.8 Å². The Balaban J connectivity index is 1.30. The molecule has 1 aliphatic heterocycles. The SMILES string of the molecule is Cc1ccc(-n2cnc(-c3ccc(NC(=O)N=C4SCC(=O)N4c4c(C)cc(C)cc4C)cc3)n2)cc1. The molecule has 0 aliphatic carbocycles. The number of nitrogens with zero attached hydrogens (tertiary/aromatic N) is 5. The summed E-state index contributed by atoms with van der Waals surface area (Å²) in [5, 5.41) is 7.72. The molecule has 0 saturated carbocycles. The highest BCUT2D eigenvalue weighted by Gasteiger charge is 2.32. The van der Waals surface area contributed by atoms with Gasteiger partial charge in [0, 0.05) is 11.3 Å². The van der Waals surface area contributed by atoms with E-state index in [4.69, 9.17) is 0 Å². The summed E-state index contributed by atoms with van der Waals surface area (Å²) in [5.74, 6) is 0.739. The molecule has 1 saturated heterocycles. The zero-order chi connectivity index (χ0) is 26.1. The lowest BCUT2D eigenvalue weighted by atomic mass is 10.0. The molecule has 1 fully saturated rings. The third kappa shape index (κ3) is 5.17. The number of thioether (sulfide) groups is 1. The van der Waals surface area contributed by atoms with Crippen molar-refractivity contribution in [2.45, 2.75) is 27.7 Å². The molecule has 9 heteroatoms. The Labute approximate surface area is 219 Å². The number of carbonyl (C=O) groups excluding carboxylic acids is 2. The summed E-state index contributed by atoms with van der Waals surface area (Å²) in [7, 11) is 0. The second kappa shape index (κ2) is 10.0. The fourth-order valence-corrected chi connectivity index (χ4v) is 5.20. The van der Waals surface area contributed by atoms with E-state index in [0.29, 0.717) is 16.7 Å². The van der Waals surface area contributed by atoms with Crippen molar-refractivity contribution >= 4 is 40.2 Å². The number of aryl methyl sites for hydroxylation is 4. The van der Waals surface area contributed by atoms with Gasteiger partial charge in [-0.25, -0.2) is 14.5 Å². The first-order chi connectivity index (χ1) is 17.8. The van der Waals surface area contributed by atoms with Crippen LogP contribution in [0.4, 0.5) is 16.2 Å². The molecule has 0 spiro atoms. The van der Waals surface area contributed by atoms with E-state index in [0.717, 1.165) is 33.6 Å². The number of amides is 3. The van der Waals surface area contributed by atoms with Crippen LogP contribution in [0.1, 0.15) is 22.3 Å². The van der Waals surface area contributed by atoms with Gasteiger partial charge < -0.3 is 5.32 Å². The molecule has 2 heterocycles. The molecule has 37 heavy (non-hydrogen) atoms. The summed E-state index contributed by atoms with van der Waals surface area (Å²) in [5.41, 5.74) is 7.36. The highest BCUT2D eigenvalue weighted by atomic mass is 32.2. The maximum absolute atomic E-state index is 12.7. The molecule has 0 unspecified atom stereocenters. The molecule has 4 aromatic rings. The molecule has 8 nitrogen and oxygen atoms in total. The van der Waals surface area contributed by atoms with Gasteiger partial charge in [-0.2, -0.15) is 4.99 Å². The highest BCUT2D eigenvalue weighted by molar-refractivity contribution is 8.15. The highest BCUT2D eigenvalue weighted by Crippen LogP contribution is 2.33. The van der Waals surface area contributed by atoms with Crippen molar-refractivity contribution in [3.63, 3.8) is 0 Å². The van der Waals surface area contributed by atoms with Crippen LogP contribution in [0, 0.1) is 27.7 Å². The quantitative estimate of drug-likeness (QED) is 0.373. The van der Waals surface area contributed by atoms with Gasteiger partial charge in [-0.15, -0.1) is 5.10 Å². The van der Waals surface area contributed by atoms with Crippen molar-refractivity contribution in [3.05, 3.63) is 89.2 Å². The summed E-state index contributed by atoms with van der Waals surface area (Å²) in [4.78, 5) is 35.6. The second-order valence-electron chi connectivity index (χ2n) is 9.02. The number of carbonyl (C=O) groups is 2. The van der Waals surface area contributed by atoms with Crippen molar-refractivity contribution in [2.24, 2.45) is 4.99 Å². The van der Waals surface area contributed by atoms with Gasteiger partial charge >= 0.3 is 6.03 Å². The summed E-state index contributed by atoms with van der Waals surface area (Å²) >= 11 is 1.26. The number of amidine groups is 1. The van der Waals surface area contributed by atoms with E-state index in [1.165, 1.54) is 17.3 Å². The van der Waals surface area contributed by atoms with E-state index in [9.17, 15) is 9.59 Å². The van der Waals surface area contributed by atoms with Crippen molar-refractivity contribution in [3.8, 4) is 17.1 Å². The van der Waals surface area contributed by atoms with E-state index >= 15 is 0 Å². The Kier molecular flexibility index (Phi) is 6.62. The molecule has 0 radical (unpaired) electrons. The molecule has 186 valence electrons. The van der Waals surface area contributed by atoms with Crippen LogP contribution in [0.25, 0.3) is 17.1 Å². The maximum atomic E-state index is 12.7. The van der Waals surface area contributed by atoms with Gasteiger partial charge in [0.1, 0.15) is 6.33 Å². The molecule has 1 aliphatic rings. The van der Waals surface area contributed by atoms with Crippen LogP contribution in [0.15, 0.2) is 72.0 Å². The number of anilines is 2. The Morgan fingerprint density at radius 1 is 0.946 bits per heavy atom. The maximum Gasteiger partial charge on any atom is 0.347 e. The molecule has 1 aromatic heterocycles. The summed E-state index contributed by atoms with van der Waals surface area (Å²) < 4.78 is 1.73.